The van der Waals surface area contributed by atoms with E-state index >= 15 is 0 Å². The Morgan fingerprint density at radius 3 is 2.48 bits per heavy atom. The third kappa shape index (κ3) is 3.84. The maximum Gasteiger partial charge on any atom is 0.227 e. The van der Waals surface area contributed by atoms with E-state index in [-0.39, 0.29) is 11.8 Å². The fourth-order valence-corrected chi connectivity index (χ4v) is 3.39. The van der Waals surface area contributed by atoms with E-state index in [0.717, 1.165) is 54.2 Å². The number of amides is 1. The molecule has 1 aromatic heterocycles. The monoisotopic (exact) mass is 362 g/mol. The van der Waals surface area contributed by atoms with Crippen molar-refractivity contribution in [2.75, 3.05) is 30.4 Å². The van der Waals surface area contributed by atoms with Gasteiger partial charge in [-0.05, 0) is 49.2 Å². The van der Waals surface area contributed by atoms with Crippen LogP contribution in [0.5, 0.6) is 5.75 Å². The first kappa shape index (κ1) is 17.3. The molecule has 0 bridgehead atoms. The molecule has 6 nitrogen and oxygen atoms in total. The number of piperidine rings is 1. The van der Waals surface area contributed by atoms with Gasteiger partial charge in [-0.15, -0.1) is 0 Å². The number of anilines is 2. The molecule has 0 atom stereocenters. The van der Waals surface area contributed by atoms with Gasteiger partial charge in [-0.25, -0.2) is 4.98 Å². The van der Waals surface area contributed by atoms with Crippen molar-refractivity contribution in [2.45, 2.75) is 12.8 Å². The number of rotatable bonds is 4. The maximum atomic E-state index is 12.6. The van der Waals surface area contributed by atoms with Gasteiger partial charge < -0.3 is 15.0 Å². The summed E-state index contributed by atoms with van der Waals surface area (Å²) in [7, 11) is 1.63. The Labute approximate surface area is 158 Å². The summed E-state index contributed by atoms with van der Waals surface area (Å²) in [5.74, 6) is 1.74. The van der Waals surface area contributed by atoms with Gasteiger partial charge in [0, 0.05) is 24.7 Å². The Bertz CT molecular complexity index is 934. The van der Waals surface area contributed by atoms with E-state index in [9.17, 15) is 4.79 Å². The fraction of sp³-hybridized carbons (Fsp3) is 0.286. The summed E-state index contributed by atoms with van der Waals surface area (Å²) in [5, 5.41) is 3.00. The lowest BCUT2D eigenvalue weighted by Gasteiger charge is -2.32. The van der Waals surface area contributed by atoms with Crippen molar-refractivity contribution >= 4 is 28.4 Å². The highest BCUT2D eigenvalue weighted by molar-refractivity contribution is 5.92. The summed E-state index contributed by atoms with van der Waals surface area (Å²) in [4.78, 5) is 23.9. The minimum Gasteiger partial charge on any atom is -0.497 e. The number of ether oxygens (including phenoxy) is 1. The van der Waals surface area contributed by atoms with Crippen LogP contribution >= 0.6 is 0 Å². The molecule has 6 heteroatoms. The van der Waals surface area contributed by atoms with Crippen molar-refractivity contribution in [3.63, 3.8) is 0 Å². The molecule has 1 fully saturated rings. The Kier molecular flexibility index (Phi) is 4.87. The topological polar surface area (TPSA) is 67.3 Å². The molecule has 138 valence electrons. The number of methoxy groups -OCH3 is 1. The maximum absolute atomic E-state index is 12.6. The fourth-order valence-electron chi connectivity index (χ4n) is 3.39. The van der Waals surface area contributed by atoms with Crippen LogP contribution in [0.15, 0.2) is 54.7 Å². The number of nitrogens with one attached hydrogen (secondary N) is 1. The molecule has 0 spiro atoms. The van der Waals surface area contributed by atoms with Crippen LogP contribution < -0.4 is 15.0 Å². The van der Waals surface area contributed by atoms with Gasteiger partial charge in [0.1, 0.15) is 11.6 Å². The lowest BCUT2D eigenvalue weighted by atomic mass is 9.96. The summed E-state index contributed by atoms with van der Waals surface area (Å²) in [6.07, 6.45) is 3.42. The predicted octanol–water partition coefficient (Wildman–Crippen LogP) is 3.49. The standard InChI is InChI=1S/C21H22N4O2/c1-27-17-8-6-16(7-9-17)23-21(26)15-10-12-25(13-11-15)20-14-22-18-4-2-3-5-19(18)24-20/h2-9,14-15H,10-13H2,1H3,(H,23,26). The van der Waals surface area contributed by atoms with Gasteiger partial charge >= 0.3 is 0 Å². The minimum absolute atomic E-state index is 0.0109. The second kappa shape index (κ2) is 7.61. The van der Waals surface area contributed by atoms with Crippen molar-refractivity contribution in [2.24, 2.45) is 5.92 Å². The molecule has 3 aromatic rings. The van der Waals surface area contributed by atoms with Crippen LogP contribution in [0.1, 0.15) is 12.8 Å². The van der Waals surface area contributed by atoms with Crippen LogP contribution in [0.25, 0.3) is 11.0 Å². The molecule has 0 radical (unpaired) electrons. The molecule has 1 saturated heterocycles. The second-order valence-corrected chi connectivity index (χ2v) is 6.70. The zero-order valence-corrected chi connectivity index (χ0v) is 15.3. The SMILES string of the molecule is COc1ccc(NC(=O)C2CCN(c3cnc4ccccc4n3)CC2)cc1. The highest BCUT2D eigenvalue weighted by Crippen LogP contribution is 2.24. The number of hydrogen-bond donors (Lipinski definition) is 1. The van der Waals surface area contributed by atoms with Crippen LogP contribution in [0.3, 0.4) is 0 Å². The zero-order chi connectivity index (χ0) is 18.6. The van der Waals surface area contributed by atoms with E-state index in [1.807, 2.05) is 54.7 Å². The van der Waals surface area contributed by atoms with Crippen molar-refractivity contribution in [3.8, 4) is 5.75 Å². The number of para-hydroxylation sites is 2. The lowest BCUT2D eigenvalue weighted by Crippen LogP contribution is -2.38. The summed E-state index contributed by atoms with van der Waals surface area (Å²) in [6.45, 7) is 1.60. The van der Waals surface area contributed by atoms with Crippen molar-refractivity contribution in [3.05, 3.63) is 54.7 Å². The molecule has 27 heavy (non-hydrogen) atoms. The number of hydrogen-bond acceptors (Lipinski definition) is 5. The molecule has 4 rings (SSSR count). The summed E-state index contributed by atoms with van der Waals surface area (Å²) in [5.41, 5.74) is 2.59. The number of fused-ring (bicyclic) bond motifs is 1. The van der Waals surface area contributed by atoms with E-state index in [1.54, 1.807) is 7.11 Å². The largest absolute Gasteiger partial charge is 0.497 e. The first-order valence-corrected chi connectivity index (χ1v) is 9.14. The summed E-state index contributed by atoms with van der Waals surface area (Å²) < 4.78 is 5.14. The van der Waals surface area contributed by atoms with Gasteiger partial charge in [-0.2, -0.15) is 0 Å². The van der Waals surface area contributed by atoms with Gasteiger partial charge in [0.2, 0.25) is 5.91 Å². The number of benzene rings is 2. The molecule has 0 unspecified atom stereocenters. The summed E-state index contributed by atoms with van der Waals surface area (Å²) >= 11 is 0. The van der Waals surface area contributed by atoms with E-state index in [2.05, 4.69) is 15.2 Å². The van der Waals surface area contributed by atoms with Crippen LogP contribution in [0.2, 0.25) is 0 Å². The Hall–Kier alpha value is -3.15. The highest BCUT2D eigenvalue weighted by atomic mass is 16.5. The normalized spacial score (nSPS) is 14.9. The zero-order valence-electron chi connectivity index (χ0n) is 15.3. The number of carbonyl (C=O) groups excluding carboxylic acids is 1. The third-order valence-corrected chi connectivity index (χ3v) is 4.98. The average Bonchev–Trinajstić information content (AvgIpc) is 2.74. The summed E-state index contributed by atoms with van der Waals surface area (Å²) in [6, 6.07) is 15.3. The molecule has 0 saturated carbocycles. The first-order chi connectivity index (χ1) is 13.2. The average molecular weight is 362 g/mol. The van der Waals surface area contributed by atoms with Gasteiger partial charge in [-0.1, -0.05) is 12.1 Å². The lowest BCUT2D eigenvalue weighted by molar-refractivity contribution is -0.120. The van der Waals surface area contributed by atoms with Crippen LogP contribution in [-0.2, 0) is 4.79 Å². The van der Waals surface area contributed by atoms with Gasteiger partial charge in [0.05, 0.1) is 24.3 Å². The predicted molar refractivity (Wildman–Crippen MR) is 106 cm³/mol. The first-order valence-electron chi connectivity index (χ1n) is 9.14. The highest BCUT2D eigenvalue weighted by Gasteiger charge is 2.26. The molecule has 2 heterocycles. The van der Waals surface area contributed by atoms with Crippen molar-refractivity contribution < 1.29 is 9.53 Å². The van der Waals surface area contributed by atoms with Crippen molar-refractivity contribution in [1.29, 1.82) is 0 Å². The Morgan fingerprint density at radius 2 is 1.78 bits per heavy atom. The molecule has 1 aliphatic rings. The second-order valence-electron chi connectivity index (χ2n) is 6.70. The number of carbonyl (C=O) groups is 1. The smallest absolute Gasteiger partial charge is 0.227 e. The van der Waals surface area contributed by atoms with E-state index in [4.69, 9.17) is 9.72 Å². The number of aromatic nitrogens is 2. The third-order valence-electron chi connectivity index (χ3n) is 4.98. The van der Waals surface area contributed by atoms with E-state index in [0.29, 0.717) is 0 Å². The van der Waals surface area contributed by atoms with Crippen LogP contribution in [0.4, 0.5) is 11.5 Å². The number of nitrogens with zero attached hydrogens (tertiary/aromatic N) is 3. The molecular weight excluding hydrogens is 340 g/mol. The van der Waals surface area contributed by atoms with E-state index in [1.165, 1.54) is 0 Å². The molecule has 0 aliphatic carbocycles. The molecular formula is C21H22N4O2. The van der Waals surface area contributed by atoms with Gasteiger partial charge in [-0.3, -0.25) is 9.78 Å². The molecule has 1 amide bonds. The minimum atomic E-state index is 0.0109. The Balaban J connectivity index is 1.36. The van der Waals surface area contributed by atoms with Gasteiger partial charge in [0.25, 0.3) is 0 Å². The van der Waals surface area contributed by atoms with Crippen LogP contribution in [-0.4, -0.2) is 36.1 Å². The molecule has 2 aromatic carbocycles. The van der Waals surface area contributed by atoms with Crippen LogP contribution in [0, 0.1) is 5.92 Å². The Morgan fingerprint density at radius 1 is 1.07 bits per heavy atom. The molecule has 1 aliphatic heterocycles. The van der Waals surface area contributed by atoms with Gasteiger partial charge in [0.15, 0.2) is 0 Å². The quantitative estimate of drug-likeness (QED) is 0.769. The molecule has 1 N–H and O–H groups in total. The van der Waals surface area contributed by atoms with E-state index < -0.39 is 0 Å². The van der Waals surface area contributed by atoms with Crippen molar-refractivity contribution in [1.82, 2.24) is 9.97 Å².